The van der Waals surface area contributed by atoms with Crippen molar-refractivity contribution in [1.29, 1.82) is 0 Å². The van der Waals surface area contributed by atoms with E-state index in [1.54, 1.807) is 29.3 Å². The maximum absolute atomic E-state index is 12.7. The molecule has 0 spiro atoms. The van der Waals surface area contributed by atoms with E-state index in [0.29, 0.717) is 18.1 Å². The van der Waals surface area contributed by atoms with E-state index < -0.39 is 0 Å². The molecule has 0 fully saturated rings. The molecule has 0 unspecified atom stereocenters. The molecule has 0 aliphatic carbocycles. The van der Waals surface area contributed by atoms with Crippen molar-refractivity contribution in [2.45, 2.75) is 22.9 Å². The van der Waals surface area contributed by atoms with E-state index in [-0.39, 0.29) is 5.91 Å². The van der Waals surface area contributed by atoms with Gasteiger partial charge < -0.3 is 9.73 Å². The molecule has 27 heavy (non-hydrogen) atoms. The Labute approximate surface area is 165 Å². The quantitative estimate of drug-likeness (QED) is 0.343. The number of thiophene rings is 1. The number of rotatable bonds is 8. The summed E-state index contributed by atoms with van der Waals surface area (Å²) >= 11 is 3.43. The predicted molar refractivity (Wildman–Crippen MR) is 109 cm³/mol. The minimum Gasteiger partial charge on any atom is -0.451 e. The molecule has 0 aliphatic rings. The lowest BCUT2D eigenvalue weighted by Crippen LogP contribution is -2.25. The number of carbonyl (C=O) groups is 1. The van der Waals surface area contributed by atoms with Crippen LogP contribution in [0, 0.1) is 0 Å². The van der Waals surface area contributed by atoms with E-state index in [1.165, 1.54) is 4.21 Å². The summed E-state index contributed by atoms with van der Waals surface area (Å²) in [6.07, 6.45) is 4.48. The number of amides is 1. The van der Waals surface area contributed by atoms with E-state index in [4.69, 9.17) is 4.42 Å². The van der Waals surface area contributed by atoms with Crippen LogP contribution in [-0.4, -0.2) is 22.2 Å². The number of nitrogens with one attached hydrogen (secondary N) is 1. The standard InChI is InChI=1S/C20H19N3O2S2/c24-20(21-9-4-11-23-12-5-10-22-23)19-16(14-27-18-8-3-13-26-18)15-6-1-2-7-17(15)25-19/h1-3,5-8,10,12-13H,4,9,11,14H2,(H,21,24). The Morgan fingerprint density at radius 1 is 1.22 bits per heavy atom. The van der Waals surface area contributed by atoms with Gasteiger partial charge >= 0.3 is 0 Å². The summed E-state index contributed by atoms with van der Waals surface area (Å²) < 4.78 is 8.98. The smallest absolute Gasteiger partial charge is 0.287 e. The van der Waals surface area contributed by atoms with Crippen LogP contribution in [0.2, 0.25) is 0 Å². The number of hydrogen-bond donors (Lipinski definition) is 1. The molecule has 138 valence electrons. The van der Waals surface area contributed by atoms with Crippen LogP contribution in [0.3, 0.4) is 0 Å². The normalized spacial score (nSPS) is 11.1. The summed E-state index contributed by atoms with van der Waals surface area (Å²) in [4.78, 5) is 12.7. The van der Waals surface area contributed by atoms with Gasteiger partial charge in [0.1, 0.15) is 5.58 Å². The van der Waals surface area contributed by atoms with Gasteiger partial charge in [-0.2, -0.15) is 5.10 Å². The lowest BCUT2D eigenvalue weighted by Gasteiger charge is -2.06. The third kappa shape index (κ3) is 4.26. The van der Waals surface area contributed by atoms with Crippen molar-refractivity contribution in [3.05, 3.63) is 71.6 Å². The predicted octanol–water partition coefficient (Wildman–Crippen LogP) is 4.80. The first kappa shape index (κ1) is 17.9. The number of furan rings is 1. The number of nitrogens with zero attached hydrogens (tertiary/aromatic N) is 2. The van der Waals surface area contributed by atoms with Crippen molar-refractivity contribution in [3.63, 3.8) is 0 Å². The monoisotopic (exact) mass is 397 g/mol. The van der Waals surface area contributed by atoms with E-state index >= 15 is 0 Å². The molecule has 0 atom stereocenters. The van der Waals surface area contributed by atoms with E-state index in [0.717, 1.165) is 29.5 Å². The molecular formula is C20H19N3O2S2. The van der Waals surface area contributed by atoms with Gasteiger partial charge in [0, 0.05) is 42.2 Å². The highest BCUT2D eigenvalue weighted by Crippen LogP contribution is 2.33. The minimum absolute atomic E-state index is 0.159. The number of para-hydroxylation sites is 1. The zero-order chi connectivity index (χ0) is 18.5. The topological polar surface area (TPSA) is 60.1 Å². The van der Waals surface area contributed by atoms with Crippen LogP contribution >= 0.6 is 23.1 Å². The number of thioether (sulfide) groups is 1. The maximum atomic E-state index is 12.7. The summed E-state index contributed by atoms with van der Waals surface area (Å²) in [5.74, 6) is 0.959. The Bertz CT molecular complexity index is 1010. The largest absolute Gasteiger partial charge is 0.451 e. The minimum atomic E-state index is -0.159. The van der Waals surface area contributed by atoms with Gasteiger partial charge in [-0.15, -0.1) is 23.1 Å². The fourth-order valence-electron chi connectivity index (χ4n) is 2.87. The lowest BCUT2D eigenvalue weighted by atomic mass is 10.1. The van der Waals surface area contributed by atoms with Crippen molar-refractivity contribution in [2.24, 2.45) is 0 Å². The van der Waals surface area contributed by atoms with Crippen LogP contribution in [0.4, 0.5) is 0 Å². The first-order valence-corrected chi connectivity index (χ1v) is 10.6. The Morgan fingerprint density at radius 2 is 2.15 bits per heavy atom. The number of hydrogen-bond acceptors (Lipinski definition) is 5. The van der Waals surface area contributed by atoms with Crippen molar-refractivity contribution in [2.75, 3.05) is 6.54 Å². The summed E-state index contributed by atoms with van der Waals surface area (Å²) in [5.41, 5.74) is 1.70. The first-order valence-electron chi connectivity index (χ1n) is 8.73. The van der Waals surface area contributed by atoms with Gasteiger partial charge in [-0.3, -0.25) is 9.48 Å². The average molecular weight is 398 g/mol. The Balaban J connectivity index is 1.45. The first-order chi connectivity index (χ1) is 13.3. The Kier molecular flexibility index (Phi) is 5.60. The molecule has 7 heteroatoms. The summed E-state index contributed by atoms with van der Waals surface area (Å²) in [6.45, 7) is 1.35. The van der Waals surface area contributed by atoms with Gasteiger partial charge in [0.2, 0.25) is 0 Å². The van der Waals surface area contributed by atoms with Crippen molar-refractivity contribution in [3.8, 4) is 0 Å². The molecular weight excluding hydrogens is 378 g/mol. The summed E-state index contributed by atoms with van der Waals surface area (Å²) in [6, 6.07) is 13.8. The summed E-state index contributed by atoms with van der Waals surface area (Å²) in [7, 11) is 0. The molecule has 3 aromatic heterocycles. The molecule has 1 N–H and O–H groups in total. The fraction of sp³-hybridized carbons (Fsp3) is 0.200. The second-order valence-corrected chi connectivity index (χ2v) is 8.23. The van der Waals surface area contributed by atoms with Gasteiger partial charge in [0.15, 0.2) is 5.76 Å². The number of carbonyl (C=O) groups excluding carboxylic acids is 1. The molecule has 1 amide bonds. The third-order valence-corrected chi connectivity index (χ3v) is 6.32. The van der Waals surface area contributed by atoms with Gasteiger partial charge in [-0.25, -0.2) is 0 Å². The second-order valence-electron chi connectivity index (χ2n) is 6.01. The Morgan fingerprint density at radius 3 is 2.96 bits per heavy atom. The molecule has 0 bridgehead atoms. The van der Waals surface area contributed by atoms with E-state index in [2.05, 4.69) is 21.9 Å². The molecule has 0 aliphatic heterocycles. The Hall–Kier alpha value is -2.51. The molecule has 4 rings (SSSR count). The van der Waals surface area contributed by atoms with Gasteiger partial charge in [-0.05, 0) is 30.0 Å². The number of fused-ring (bicyclic) bond motifs is 1. The molecule has 5 nitrogen and oxygen atoms in total. The molecule has 3 heterocycles. The fourth-order valence-corrected chi connectivity index (χ4v) is 4.68. The molecule has 0 saturated carbocycles. The van der Waals surface area contributed by atoms with Crippen molar-refractivity contribution in [1.82, 2.24) is 15.1 Å². The van der Waals surface area contributed by atoms with E-state index in [1.807, 2.05) is 47.3 Å². The zero-order valence-corrected chi connectivity index (χ0v) is 16.3. The average Bonchev–Trinajstić information content (AvgIpc) is 3.44. The highest BCUT2D eigenvalue weighted by molar-refractivity contribution is 8.00. The van der Waals surface area contributed by atoms with Gasteiger partial charge in [0.25, 0.3) is 5.91 Å². The molecule has 0 radical (unpaired) electrons. The van der Waals surface area contributed by atoms with Crippen LogP contribution in [0.15, 0.2) is 68.9 Å². The van der Waals surface area contributed by atoms with Gasteiger partial charge in [0.05, 0.1) is 4.21 Å². The van der Waals surface area contributed by atoms with Gasteiger partial charge in [-0.1, -0.05) is 24.3 Å². The van der Waals surface area contributed by atoms with Crippen molar-refractivity contribution >= 4 is 40.0 Å². The summed E-state index contributed by atoms with van der Waals surface area (Å²) in [5, 5.41) is 10.2. The van der Waals surface area contributed by atoms with Crippen molar-refractivity contribution < 1.29 is 9.21 Å². The molecule has 1 aromatic carbocycles. The second kappa shape index (κ2) is 8.45. The number of benzene rings is 1. The highest BCUT2D eigenvalue weighted by Gasteiger charge is 2.20. The lowest BCUT2D eigenvalue weighted by molar-refractivity contribution is 0.0926. The van der Waals surface area contributed by atoms with Crippen LogP contribution in [0.25, 0.3) is 11.0 Å². The highest BCUT2D eigenvalue weighted by atomic mass is 32.2. The van der Waals surface area contributed by atoms with Crippen LogP contribution in [0.1, 0.15) is 22.5 Å². The number of aromatic nitrogens is 2. The molecule has 0 saturated heterocycles. The number of aryl methyl sites for hydroxylation is 1. The SMILES string of the molecule is O=C(NCCCn1cccn1)c1oc2ccccc2c1CSc1cccs1. The zero-order valence-electron chi connectivity index (χ0n) is 14.6. The van der Waals surface area contributed by atoms with Crippen LogP contribution < -0.4 is 5.32 Å². The van der Waals surface area contributed by atoms with Crippen LogP contribution in [-0.2, 0) is 12.3 Å². The maximum Gasteiger partial charge on any atom is 0.287 e. The van der Waals surface area contributed by atoms with Crippen LogP contribution in [0.5, 0.6) is 0 Å². The molecule has 4 aromatic rings. The van der Waals surface area contributed by atoms with E-state index in [9.17, 15) is 4.79 Å². The third-order valence-electron chi connectivity index (χ3n) is 4.17.